The van der Waals surface area contributed by atoms with Crippen LogP contribution in [0.5, 0.6) is 0 Å². The molecule has 0 spiro atoms. The molecular formula is C16H21IO2. The second-order valence-corrected chi connectivity index (χ2v) is 7.15. The molecule has 4 atom stereocenters. The monoisotopic (exact) mass is 372 g/mol. The molecule has 0 aromatic rings. The third-order valence-electron chi connectivity index (χ3n) is 4.15. The van der Waals surface area contributed by atoms with E-state index in [0.29, 0.717) is 11.7 Å². The van der Waals surface area contributed by atoms with Gasteiger partial charge in [-0.25, -0.2) is 0 Å². The van der Waals surface area contributed by atoms with Gasteiger partial charge in [0, 0.05) is 15.9 Å². The Kier molecular flexibility index (Phi) is 4.43. The molecule has 0 radical (unpaired) electrons. The van der Waals surface area contributed by atoms with Crippen molar-refractivity contribution in [2.24, 2.45) is 17.8 Å². The summed E-state index contributed by atoms with van der Waals surface area (Å²) in [5, 5.41) is 19.8. The Hall–Kier alpha value is -0.710. The van der Waals surface area contributed by atoms with E-state index in [1.54, 1.807) is 0 Å². The summed E-state index contributed by atoms with van der Waals surface area (Å²) in [5.41, 5.74) is 2.57. The molecule has 0 aromatic carbocycles. The van der Waals surface area contributed by atoms with Gasteiger partial charge in [-0.05, 0) is 44.6 Å². The lowest BCUT2D eigenvalue weighted by molar-refractivity contribution is 0.236. The molecule has 2 aliphatic carbocycles. The summed E-state index contributed by atoms with van der Waals surface area (Å²) in [4.78, 5) is 0. The Bertz CT molecular complexity index is 473. The summed E-state index contributed by atoms with van der Waals surface area (Å²) in [7, 11) is 0. The standard InChI is InChI=1S/C16H21IO2/c1-9(2)12-5-4-10(3)6-13(12)16-14(17)7-11(18)8-15(16)19/h6-8,12-14,16,18-19H,1,4-5H2,2-3H3/t12-,13+,14?,16?/m0/s1. The maximum atomic E-state index is 10.2. The smallest absolute Gasteiger partial charge is 0.116 e. The molecule has 2 nitrogen and oxygen atoms in total. The molecular weight excluding hydrogens is 351 g/mol. The van der Waals surface area contributed by atoms with Gasteiger partial charge in [-0.3, -0.25) is 0 Å². The highest BCUT2D eigenvalue weighted by Crippen LogP contribution is 2.44. The van der Waals surface area contributed by atoms with E-state index in [9.17, 15) is 10.2 Å². The SMILES string of the molecule is C=C(C)[C@@H]1CCC(C)=C[C@H]1C1C(O)=CC(O)=CC1I. The first kappa shape index (κ1) is 14.7. The van der Waals surface area contributed by atoms with Crippen LogP contribution in [0, 0.1) is 17.8 Å². The fourth-order valence-corrected chi connectivity index (χ4v) is 4.38. The summed E-state index contributed by atoms with van der Waals surface area (Å²) in [5.74, 6) is 1.18. The highest BCUT2D eigenvalue weighted by molar-refractivity contribution is 14.1. The molecule has 2 aliphatic rings. The van der Waals surface area contributed by atoms with Crippen LogP contribution in [-0.2, 0) is 0 Å². The van der Waals surface area contributed by atoms with Crippen LogP contribution in [0.2, 0.25) is 0 Å². The lowest BCUT2D eigenvalue weighted by Gasteiger charge is -2.38. The van der Waals surface area contributed by atoms with E-state index < -0.39 is 0 Å². The molecule has 19 heavy (non-hydrogen) atoms. The van der Waals surface area contributed by atoms with Gasteiger partial charge < -0.3 is 10.2 Å². The highest BCUT2D eigenvalue weighted by Gasteiger charge is 2.38. The third kappa shape index (κ3) is 3.07. The Labute approximate surface area is 128 Å². The van der Waals surface area contributed by atoms with Crippen molar-refractivity contribution in [2.75, 3.05) is 0 Å². The Morgan fingerprint density at radius 3 is 2.63 bits per heavy atom. The molecule has 2 N–H and O–H groups in total. The average Bonchev–Trinajstić information content (AvgIpc) is 2.27. The first-order chi connectivity index (χ1) is 8.90. The van der Waals surface area contributed by atoms with Crippen LogP contribution in [0.4, 0.5) is 0 Å². The van der Waals surface area contributed by atoms with E-state index in [0.717, 1.165) is 12.8 Å². The zero-order valence-electron chi connectivity index (χ0n) is 11.4. The number of aliphatic hydroxyl groups excluding tert-OH is 2. The van der Waals surface area contributed by atoms with Gasteiger partial charge in [0.05, 0.1) is 0 Å². The second kappa shape index (κ2) is 5.73. The van der Waals surface area contributed by atoms with Crippen LogP contribution in [0.1, 0.15) is 26.7 Å². The average molecular weight is 372 g/mol. The van der Waals surface area contributed by atoms with Gasteiger partial charge in [-0.2, -0.15) is 0 Å². The van der Waals surface area contributed by atoms with Crippen LogP contribution in [0.3, 0.4) is 0 Å². The predicted molar refractivity (Wildman–Crippen MR) is 87.5 cm³/mol. The molecule has 2 unspecified atom stereocenters. The number of allylic oxidation sites excluding steroid dienone is 6. The van der Waals surface area contributed by atoms with E-state index in [1.165, 1.54) is 17.2 Å². The van der Waals surface area contributed by atoms with Crippen molar-refractivity contribution in [2.45, 2.75) is 30.6 Å². The largest absolute Gasteiger partial charge is 0.512 e. The van der Waals surface area contributed by atoms with E-state index in [1.807, 2.05) is 6.08 Å². The van der Waals surface area contributed by atoms with Crippen LogP contribution in [0.25, 0.3) is 0 Å². The van der Waals surface area contributed by atoms with Crippen molar-refractivity contribution in [1.82, 2.24) is 0 Å². The minimum atomic E-state index is 0.0356. The van der Waals surface area contributed by atoms with E-state index in [4.69, 9.17) is 0 Å². The van der Waals surface area contributed by atoms with Crippen molar-refractivity contribution in [3.63, 3.8) is 0 Å². The fraction of sp³-hybridized carbons (Fsp3) is 0.500. The fourth-order valence-electron chi connectivity index (χ4n) is 3.17. The van der Waals surface area contributed by atoms with E-state index >= 15 is 0 Å². The van der Waals surface area contributed by atoms with Gasteiger partial charge in [0.1, 0.15) is 11.5 Å². The summed E-state index contributed by atoms with van der Waals surface area (Å²) in [6.07, 6.45) is 7.80. The molecule has 0 fully saturated rings. The predicted octanol–water partition coefficient (Wildman–Crippen LogP) is 4.85. The lowest BCUT2D eigenvalue weighted by Crippen LogP contribution is -2.33. The summed E-state index contributed by atoms with van der Waals surface area (Å²) < 4.78 is 0.108. The lowest BCUT2D eigenvalue weighted by atomic mass is 9.69. The van der Waals surface area contributed by atoms with Gasteiger partial charge in [0.15, 0.2) is 0 Å². The quantitative estimate of drug-likeness (QED) is 0.413. The van der Waals surface area contributed by atoms with Crippen LogP contribution in [-0.4, -0.2) is 14.1 Å². The van der Waals surface area contributed by atoms with Gasteiger partial charge >= 0.3 is 0 Å². The molecule has 0 saturated carbocycles. The molecule has 0 amide bonds. The van der Waals surface area contributed by atoms with Gasteiger partial charge in [0.2, 0.25) is 0 Å². The normalized spacial score (nSPS) is 35.2. The molecule has 0 aliphatic heterocycles. The van der Waals surface area contributed by atoms with Crippen molar-refractivity contribution < 1.29 is 10.2 Å². The van der Waals surface area contributed by atoms with E-state index in [2.05, 4.69) is 49.1 Å². The number of rotatable bonds is 2. The second-order valence-electron chi connectivity index (χ2n) is 5.71. The Morgan fingerprint density at radius 2 is 2.05 bits per heavy atom. The Balaban J connectivity index is 2.35. The number of aliphatic hydroxyl groups is 2. The topological polar surface area (TPSA) is 40.5 Å². The van der Waals surface area contributed by atoms with Crippen LogP contribution in [0.15, 0.2) is 47.5 Å². The molecule has 0 aromatic heterocycles. The number of halogens is 1. The number of hydrogen-bond acceptors (Lipinski definition) is 2. The minimum Gasteiger partial charge on any atom is -0.512 e. The van der Waals surface area contributed by atoms with Gasteiger partial charge in [-0.15, -0.1) is 0 Å². The maximum absolute atomic E-state index is 10.2. The molecule has 0 bridgehead atoms. The summed E-state index contributed by atoms with van der Waals surface area (Å²) in [6.45, 7) is 8.34. The number of hydrogen-bond donors (Lipinski definition) is 2. The summed E-state index contributed by atoms with van der Waals surface area (Å²) >= 11 is 2.30. The molecule has 2 rings (SSSR count). The van der Waals surface area contributed by atoms with E-state index in [-0.39, 0.29) is 21.5 Å². The first-order valence-electron chi connectivity index (χ1n) is 6.68. The maximum Gasteiger partial charge on any atom is 0.116 e. The number of alkyl halides is 1. The molecule has 3 heteroatoms. The first-order valence-corrected chi connectivity index (χ1v) is 7.93. The van der Waals surface area contributed by atoms with Crippen molar-refractivity contribution >= 4 is 22.6 Å². The summed E-state index contributed by atoms with van der Waals surface area (Å²) in [6, 6.07) is 0. The minimum absolute atomic E-state index is 0.0356. The van der Waals surface area contributed by atoms with Gasteiger partial charge in [-0.1, -0.05) is 46.4 Å². The van der Waals surface area contributed by atoms with Crippen molar-refractivity contribution in [1.29, 1.82) is 0 Å². The third-order valence-corrected chi connectivity index (χ3v) is 5.28. The van der Waals surface area contributed by atoms with Crippen LogP contribution >= 0.6 is 22.6 Å². The zero-order valence-corrected chi connectivity index (χ0v) is 13.6. The van der Waals surface area contributed by atoms with Crippen molar-refractivity contribution in [3.05, 3.63) is 47.5 Å². The Morgan fingerprint density at radius 1 is 1.37 bits per heavy atom. The molecule has 0 saturated heterocycles. The highest BCUT2D eigenvalue weighted by atomic mass is 127. The molecule has 104 valence electrons. The van der Waals surface area contributed by atoms with Gasteiger partial charge in [0.25, 0.3) is 0 Å². The zero-order chi connectivity index (χ0) is 14.2. The molecule has 0 heterocycles. The van der Waals surface area contributed by atoms with Crippen LogP contribution < -0.4 is 0 Å². The van der Waals surface area contributed by atoms with Crippen molar-refractivity contribution in [3.8, 4) is 0 Å².